The number of hydrogen-bond donors (Lipinski definition) is 1. The van der Waals surface area contributed by atoms with Crippen LogP contribution in [0.15, 0.2) is 77.3 Å². The van der Waals surface area contributed by atoms with Crippen LogP contribution >= 0.6 is 27.7 Å². The molecule has 146 valence electrons. The first kappa shape index (κ1) is 19.7. The molecule has 1 aliphatic rings. The van der Waals surface area contributed by atoms with Gasteiger partial charge in [-0.2, -0.15) is 0 Å². The molecule has 3 aromatic carbocycles. The normalized spacial score (nSPS) is 16.1. The number of thioether (sulfide) groups is 1. The molecule has 1 heterocycles. The number of hydrogen-bond acceptors (Lipinski definition) is 3. The highest BCUT2D eigenvalue weighted by Crippen LogP contribution is 2.42. The van der Waals surface area contributed by atoms with Crippen molar-refractivity contribution in [2.24, 2.45) is 0 Å². The van der Waals surface area contributed by atoms with Crippen molar-refractivity contribution >= 4 is 50.9 Å². The number of aryl methyl sites for hydroxylation is 1. The van der Waals surface area contributed by atoms with E-state index in [1.54, 1.807) is 17.8 Å². The second-order valence-electron chi connectivity index (χ2n) is 6.83. The Kier molecular flexibility index (Phi) is 5.74. The molecule has 29 heavy (non-hydrogen) atoms. The van der Waals surface area contributed by atoms with Crippen LogP contribution < -0.4 is 10.2 Å². The maximum absolute atomic E-state index is 12.6. The first-order valence-corrected chi connectivity index (χ1v) is 11.0. The monoisotopic (exact) mass is 466 g/mol. The minimum Gasteiger partial charge on any atom is -0.322 e. The van der Waals surface area contributed by atoms with Gasteiger partial charge in [0.15, 0.2) is 0 Å². The van der Waals surface area contributed by atoms with E-state index in [0.717, 1.165) is 21.3 Å². The first-order chi connectivity index (χ1) is 14.0. The lowest BCUT2D eigenvalue weighted by molar-refractivity contribution is -0.115. The number of anilines is 2. The number of benzene rings is 3. The summed E-state index contributed by atoms with van der Waals surface area (Å²) >= 11 is 5.01. The highest BCUT2D eigenvalue weighted by atomic mass is 79.9. The number of nitrogens with zero attached hydrogens (tertiary/aromatic N) is 1. The second kappa shape index (κ2) is 8.43. The predicted molar refractivity (Wildman–Crippen MR) is 122 cm³/mol. The van der Waals surface area contributed by atoms with Gasteiger partial charge in [0.2, 0.25) is 5.91 Å². The molecule has 2 amide bonds. The number of nitrogens with one attached hydrogen (secondary N) is 1. The first-order valence-electron chi connectivity index (χ1n) is 9.19. The van der Waals surface area contributed by atoms with Crippen LogP contribution in [0, 0.1) is 6.92 Å². The molecule has 0 unspecified atom stereocenters. The average molecular weight is 467 g/mol. The van der Waals surface area contributed by atoms with Crippen molar-refractivity contribution in [1.29, 1.82) is 0 Å². The van der Waals surface area contributed by atoms with Gasteiger partial charge in [-0.25, -0.2) is 0 Å². The Hall–Kier alpha value is -2.57. The van der Waals surface area contributed by atoms with E-state index in [-0.39, 0.29) is 17.2 Å². The molecule has 0 spiro atoms. The Bertz CT molecular complexity index is 1090. The van der Waals surface area contributed by atoms with Crippen LogP contribution in [0.5, 0.6) is 0 Å². The summed E-state index contributed by atoms with van der Waals surface area (Å²) < 4.78 is 0.747. The van der Waals surface area contributed by atoms with Gasteiger partial charge in [0, 0.05) is 15.8 Å². The minimum absolute atomic E-state index is 0.0910. The highest BCUT2D eigenvalue weighted by molar-refractivity contribution is 9.10. The van der Waals surface area contributed by atoms with Crippen molar-refractivity contribution in [3.63, 3.8) is 0 Å². The lowest BCUT2D eigenvalue weighted by Gasteiger charge is -2.25. The van der Waals surface area contributed by atoms with Gasteiger partial charge in [-0.3, -0.25) is 14.5 Å². The van der Waals surface area contributed by atoms with Gasteiger partial charge in [-0.05, 0) is 70.4 Å². The van der Waals surface area contributed by atoms with E-state index in [4.69, 9.17) is 0 Å². The van der Waals surface area contributed by atoms with Gasteiger partial charge in [-0.15, -0.1) is 11.8 Å². The molecule has 0 radical (unpaired) electrons. The van der Waals surface area contributed by atoms with Crippen molar-refractivity contribution in [2.45, 2.75) is 12.3 Å². The lowest BCUT2D eigenvalue weighted by Crippen LogP contribution is -2.27. The van der Waals surface area contributed by atoms with E-state index in [1.807, 2.05) is 78.6 Å². The van der Waals surface area contributed by atoms with Crippen LogP contribution in [-0.4, -0.2) is 17.6 Å². The third kappa shape index (κ3) is 4.23. The molecule has 3 aromatic rings. The summed E-state index contributed by atoms with van der Waals surface area (Å²) in [6, 6.07) is 23.0. The molecular formula is C23H19BrN2O2S. The van der Waals surface area contributed by atoms with Gasteiger partial charge >= 0.3 is 0 Å². The third-order valence-corrected chi connectivity index (χ3v) is 6.60. The zero-order valence-electron chi connectivity index (χ0n) is 15.8. The molecule has 4 nitrogen and oxygen atoms in total. The number of amides is 2. The molecule has 1 atom stereocenters. The Labute approximate surface area is 182 Å². The summed E-state index contributed by atoms with van der Waals surface area (Å²) in [4.78, 5) is 27.1. The van der Waals surface area contributed by atoms with Gasteiger partial charge in [0.1, 0.15) is 5.37 Å². The van der Waals surface area contributed by atoms with Crippen LogP contribution in [0.3, 0.4) is 0 Å². The summed E-state index contributed by atoms with van der Waals surface area (Å²) in [5, 5.41) is 2.84. The SMILES string of the molecule is Cc1cccc(N2C(=O)CS[C@H]2c2cccc(NC(=O)c3ccccc3Br)c2)c1. The lowest BCUT2D eigenvalue weighted by atomic mass is 10.1. The van der Waals surface area contributed by atoms with Gasteiger partial charge in [0.25, 0.3) is 5.91 Å². The fourth-order valence-corrected chi connectivity index (χ4v) is 4.97. The quantitative estimate of drug-likeness (QED) is 0.529. The van der Waals surface area contributed by atoms with Gasteiger partial charge in [0.05, 0.1) is 11.3 Å². The average Bonchev–Trinajstić information content (AvgIpc) is 3.10. The maximum atomic E-state index is 12.6. The molecule has 6 heteroatoms. The van der Waals surface area contributed by atoms with Crippen molar-refractivity contribution < 1.29 is 9.59 Å². The number of carbonyl (C=O) groups excluding carboxylic acids is 2. The third-order valence-electron chi connectivity index (χ3n) is 4.70. The van der Waals surface area contributed by atoms with E-state index in [2.05, 4.69) is 21.2 Å². The van der Waals surface area contributed by atoms with Crippen molar-refractivity contribution in [3.05, 3.63) is 94.0 Å². The Morgan fingerprint density at radius 3 is 2.66 bits per heavy atom. The van der Waals surface area contributed by atoms with Crippen LogP contribution in [0.1, 0.15) is 26.9 Å². The molecule has 1 N–H and O–H groups in total. The smallest absolute Gasteiger partial charge is 0.256 e. The molecule has 1 saturated heterocycles. The molecule has 1 aliphatic heterocycles. The summed E-state index contributed by atoms with van der Waals surface area (Å²) in [5.41, 5.74) is 4.26. The largest absolute Gasteiger partial charge is 0.322 e. The van der Waals surface area contributed by atoms with Gasteiger partial charge in [-0.1, -0.05) is 36.4 Å². The van der Waals surface area contributed by atoms with Crippen LogP contribution in [-0.2, 0) is 4.79 Å². The Balaban J connectivity index is 1.60. The van der Waals surface area contributed by atoms with Crippen LogP contribution in [0.25, 0.3) is 0 Å². The number of rotatable bonds is 4. The second-order valence-corrected chi connectivity index (χ2v) is 8.75. The highest BCUT2D eigenvalue weighted by Gasteiger charge is 2.34. The van der Waals surface area contributed by atoms with E-state index in [1.165, 1.54) is 0 Å². The molecule has 0 bridgehead atoms. The topological polar surface area (TPSA) is 49.4 Å². The zero-order valence-corrected chi connectivity index (χ0v) is 18.2. The summed E-state index contributed by atoms with van der Waals surface area (Å²) in [6.07, 6.45) is 0. The number of carbonyl (C=O) groups is 2. The molecule has 4 rings (SSSR count). The molecule has 0 aliphatic carbocycles. The maximum Gasteiger partial charge on any atom is 0.256 e. The number of halogens is 1. The summed E-state index contributed by atoms with van der Waals surface area (Å²) in [6.45, 7) is 2.02. The van der Waals surface area contributed by atoms with Crippen molar-refractivity contribution in [1.82, 2.24) is 0 Å². The predicted octanol–water partition coefficient (Wildman–Crippen LogP) is 5.79. The van der Waals surface area contributed by atoms with E-state index < -0.39 is 0 Å². The molecular weight excluding hydrogens is 448 g/mol. The fourth-order valence-electron chi connectivity index (χ4n) is 3.34. The summed E-state index contributed by atoms with van der Waals surface area (Å²) in [5.74, 6) is 0.347. The standard InChI is InChI=1S/C23H19BrN2O2S/c1-15-6-4-9-18(12-15)26-21(27)14-29-23(26)16-7-5-8-17(13-16)25-22(28)19-10-2-3-11-20(19)24/h2-13,23H,14H2,1H3,(H,25,28)/t23-/m0/s1. The minimum atomic E-state index is -0.180. The van der Waals surface area contributed by atoms with E-state index >= 15 is 0 Å². The Morgan fingerprint density at radius 2 is 1.86 bits per heavy atom. The van der Waals surface area contributed by atoms with Crippen LogP contribution in [0.4, 0.5) is 11.4 Å². The van der Waals surface area contributed by atoms with Gasteiger partial charge < -0.3 is 5.32 Å². The fraction of sp³-hybridized carbons (Fsp3) is 0.130. The Morgan fingerprint density at radius 1 is 1.07 bits per heavy atom. The van der Waals surface area contributed by atoms with E-state index in [9.17, 15) is 9.59 Å². The zero-order chi connectivity index (χ0) is 20.4. The molecule has 0 aromatic heterocycles. The molecule has 0 saturated carbocycles. The summed E-state index contributed by atoms with van der Waals surface area (Å²) in [7, 11) is 0. The van der Waals surface area contributed by atoms with E-state index in [0.29, 0.717) is 17.0 Å². The van der Waals surface area contributed by atoms with Crippen molar-refractivity contribution in [3.8, 4) is 0 Å². The van der Waals surface area contributed by atoms with Crippen molar-refractivity contribution in [2.75, 3.05) is 16.0 Å². The van der Waals surface area contributed by atoms with Crippen LogP contribution in [0.2, 0.25) is 0 Å². The molecule has 1 fully saturated rings.